The lowest BCUT2D eigenvalue weighted by atomic mass is 10.0. The van der Waals surface area contributed by atoms with E-state index in [-0.39, 0.29) is 0 Å². The first-order valence-electron chi connectivity index (χ1n) is 7.39. The summed E-state index contributed by atoms with van der Waals surface area (Å²) in [6.07, 6.45) is 1.03. The summed E-state index contributed by atoms with van der Waals surface area (Å²) in [7, 11) is 1.70. The molecule has 0 aliphatic rings. The van der Waals surface area contributed by atoms with E-state index in [0.717, 1.165) is 19.5 Å². The Morgan fingerprint density at radius 1 is 1.25 bits per heavy atom. The molecule has 0 bridgehead atoms. The molecule has 0 radical (unpaired) electrons. The number of hydrogen-bond acceptors (Lipinski definition) is 3. The Hall–Kier alpha value is -0.940. The van der Waals surface area contributed by atoms with Crippen LogP contribution in [0.1, 0.15) is 44.2 Å². The zero-order valence-electron chi connectivity index (χ0n) is 13.2. The standard InChI is InChI=1S/C16H28N3O/c1-5-9-18(10-11-20-4)19(17)13-15-7-6-8-16(12-15)14(2)3/h6-8,12,14,17H,5,9-11,13H2,1-4H3/q-1. The lowest BCUT2D eigenvalue weighted by molar-refractivity contribution is -0.00604. The first-order valence-corrected chi connectivity index (χ1v) is 7.39. The Balaban J connectivity index is 2.66. The second-order valence-corrected chi connectivity index (χ2v) is 5.40. The van der Waals surface area contributed by atoms with Gasteiger partial charge in [0.05, 0.1) is 6.61 Å². The molecule has 0 amide bonds. The summed E-state index contributed by atoms with van der Waals surface area (Å²) in [5.74, 6) is 8.75. The average Bonchev–Trinajstić information content (AvgIpc) is 2.43. The summed E-state index contributed by atoms with van der Waals surface area (Å²) in [4.78, 5) is 0. The molecule has 0 spiro atoms. The molecule has 4 heteroatoms. The number of methoxy groups -OCH3 is 1. The molecule has 1 aromatic carbocycles. The zero-order chi connectivity index (χ0) is 15.0. The topological polar surface area (TPSA) is 39.5 Å². The van der Waals surface area contributed by atoms with Gasteiger partial charge >= 0.3 is 0 Å². The van der Waals surface area contributed by atoms with E-state index in [9.17, 15) is 0 Å². The van der Waals surface area contributed by atoms with Crippen LogP contribution in [0.5, 0.6) is 0 Å². The fourth-order valence-corrected chi connectivity index (χ4v) is 2.13. The number of ether oxygens (including phenoxy) is 1. The molecule has 0 saturated heterocycles. The number of hydrogen-bond donors (Lipinski definition) is 0. The fraction of sp³-hybridized carbons (Fsp3) is 0.625. The van der Waals surface area contributed by atoms with Crippen molar-refractivity contribution >= 4 is 0 Å². The van der Waals surface area contributed by atoms with Crippen molar-refractivity contribution in [3.8, 4) is 0 Å². The summed E-state index contributed by atoms with van der Waals surface area (Å²) in [6.45, 7) is 9.44. The highest BCUT2D eigenvalue weighted by Crippen LogP contribution is 2.17. The quantitative estimate of drug-likeness (QED) is 0.644. The van der Waals surface area contributed by atoms with E-state index in [0.29, 0.717) is 19.1 Å². The van der Waals surface area contributed by atoms with Gasteiger partial charge in [-0.1, -0.05) is 45.0 Å². The first-order chi connectivity index (χ1) is 9.58. The van der Waals surface area contributed by atoms with Gasteiger partial charge in [-0.25, -0.2) is 0 Å². The Kier molecular flexibility index (Phi) is 7.77. The van der Waals surface area contributed by atoms with Crippen LogP contribution in [0.2, 0.25) is 0 Å². The third-order valence-corrected chi connectivity index (χ3v) is 3.33. The Morgan fingerprint density at radius 3 is 2.60 bits per heavy atom. The van der Waals surface area contributed by atoms with Crippen LogP contribution >= 0.6 is 0 Å². The lowest BCUT2D eigenvalue weighted by Crippen LogP contribution is -2.39. The van der Waals surface area contributed by atoms with Gasteiger partial charge in [0, 0.05) is 26.7 Å². The SMILES string of the molecule is CCCN(CCOC)N([NH-])Cc1cccc(C(C)C)c1. The molecule has 1 aromatic rings. The summed E-state index contributed by atoms with van der Waals surface area (Å²) >= 11 is 0. The van der Waals surface area contributed by atoms with Crippen LogP contribution in [-0.4, -0.2) is 36.9 Å². The van der Waals surface area contributed by atoms with Crippen LogP contribution in [0, 0.1) is 0 Å². The van der Waals surface area contributed by atoms with Gasteiger partial charge in [0.25, 0.3) is 0 Å². The number of benzene rings is 1. The molecule has 20 heavy (non-hydrogen) atoms. The molecular formula is C16H28N3O-. The predicted molar refractivity (Wildman–Crippen MR) is 84.1 cm³/mol. The summed E-state index contributed by atoms with van der Waals surface area (Å²) < 4.78 is 5.12. The molecule has 0 atom stereocenters. The molecule has 1 N–H and O–H groups in total. The third kappa shape index (κ3) is 5.59. The van der Waals surface area contributed by atoms with Crippen LogP contribution in [-0.2, 0) is 11.3 Å². The maximum absolute atomic E-state index is 8.23. The van der Waals surface area contributed by atoms with Gasteiger partial charge in [-0.05, 0) is 23.5 Å². The molecular weight excluding hydrogens is 250 g/mol. The van der Waals surface area contributed by atoms with Crippen molar-refractivity contribution in [3.05, 3.63) is 41.2 Å². The van der Waals surface area contributed by atoms with E-state index in [1.807, 2.05) is 5.01 Å². The Morgan fingerprint density at radius 2 is 2.00 bits per heavy atom. The van der Waals surface area contributed by atoms with Crippen molar-refractivity contribution in [1.82, 2.24) is 10.1 Å². The number of rotatable bonds is 9. The molecule has 0 saturated carbocycles. The first kappa shape index (κ1) is 17.1. The molecule has 0 heterocycles. The van der Waals surface area contributed by atoms with E-state index < -0.39 is 0 Å². The van der Waals surface area contributed by atoms with E-state index in [4.69, 9.17) is 10.6 Å². The molecule has 4 nitrogen and oxygen atoms in total. The fourth-order valence-electron chi connectivity index (χ4n) is 2.13. The van der Waals surface area contributed by atoms with Crippen molar-refractivity contribution in [3.63, 3.8) is 0 Å². The van der Waals surface area contributed by atoms with E-state index >= 15 is 0 Å². The van der Waals surface area contributed by atoms with E-state index in [2.05, 4.69) is 45.0 Å². The normalized spacial score (nSPS) is 11.8. The van der Waals surface area contributed by atoms with Gasteiger partial charge in [-0.3, -0.25) is 5.01 Å². The number of hydrazine groups is 1. The second kappa shape index (κ2) is 9.08. The molecule has 0 aliphatic carbocycles. The minimum absolute atomic E-state index is 0.523. The van der Waals surface area contributed by atoms with Gasteiger partial charge in [-0.15, -0.1) is 0 Å². The van der Waals surface area contributed by atoms with Crippen molar-refractivity contribution in [2.75, 3.05) is 26.8 Å². The Bertz CT molecular complexity index is 382. The second-order valence-electron chi connectivity index (χ2n) is 5.40. The molecule has 0 aliphatic heterocycles. The van der Waals surface area contributed by atoms with Crippen molar-refractivity contribution in [2.24, 2.45) is 0 Å². The van der Waals surface area contributed by atoms with Crippen LogP contribution < -0.4 is 0 Å². The number of nitrogens with zero attached hydrogens (tertiary/aromatic N) is 2. The highest BCUT2D eigenvalue weighted by atomic mass is 16.5. The van der Waals surface area contributed by atoms with Crippen LogP contribution in [0.3, 0.4) is 0 Å². The molecule has 0 unspecified atom stereocenters. The maximum Gasteiger partial charge on any atom is 0.0603 e. The van der Waals surface area contributed by atoms with E-state index in [1.54, 1.807) is 12.2 Å². The lowest BCUT2D eigenvalue weighted by Gasteiger charge is -2.39. The van der Waals surface area contributed by atoms with Gasteiger partial charge < -0.3 is 15.7 Å². The van der Waals surface area contributed by atoms with Crippen LogP contribution in [0.25, 0.3) is 5.84 Å². The summed E-state index contributed by atoms with van der Waals surface area (Å²) in [6, 6.07) is 8.52. The highest BCUT2D eigenvalue weighted by molar-refractivity contribution is 5.25. The van der Waals surface area contributed by atoms with E-state index in [1.165, 1.54) is 11.1 Å². The zero-order valence-corrected chi connectivity index (χ0v) is 13.2. The maximum atomic E-state index is 8.23. The molecule has 0 fully saturated rings. The molecule has 1 rings (SSSR count). The number of nitrogens with one attached hydrogen (secondary N) is 1. The average molecular weight is 278 g/mol. The van der Waals surface area contributed by atoms with Gasteiger partial charge in [-0.2, -0.15) is 0 Å². The largest absolute Gasteiger partial charge is 0.594 e. The summed E-state index contributed by atoms with van der Waals surface area (Å²) in [5, 5.41) is 3.59. The van der Waals surface area contributed by atoms with Crippen LogP contribution in [0.15, 0.2) is 24.3 Å². The summed E-state index contributed by atoms with van der Waals surface area (Å²) in [5.41, 5.74) is 2.51. The predicted octanol–water partition coefficient (Wildman–Crippen LogP) is 3.85. The molecule has 114 valence electrons. The van der Waals surface area contributed by atoms with Gasteiger partial charge in [0.15, 0.2) is 0 Å². The minimum Gasteiger partial charge on any atom is -0.594 e. The van der Waals surface area contributed by atoms with Gasteiger partial charge in [0.2, 0.25) is 0 Å². The van der Waals surface area contributed by atoms with Crippen molar-refractivity contribution in [1.29, 1.82) is 0 Å². The van der Waals surface area contributed by atoms with Crippen molar-refractivity contribution < 1.29 is 4.74 Å². The smallest absolute Gasteiger partial charge is 0.0603 e. The monoisotopic (exact) mass is 278 g/mol. The highest BCUT2D eigenvalue weighted by Gasteiger charge is 2.07. The van der Waals surface area contributed by atoms with Crippen LogP contribution in [0.4, 0.5) is 0 Å². The van der Waals surface area contributed by atoms with Gasteiger partial charge in [0.1, 0.15) is 0 Å². The Labute approximate surface area is 123 Å². The minimum atomic E-state index is 0.523. The molecule has 0 aromatic heterocycles. The third-order valence-electron chi connectivity index (χ3n) is 3.33. The van der Waals surface area contributed by atoms with Crippen molar-refractivity contribution in [2.45, 2.75) is 39.7 Å².